The normalized spacial score (nSPS) is 16.7. The van der Waals surface area contributed by atoms with Gasteiger partial charge in [0.25, 0.3) is 0 Å². The minimum Gasteiger partial charge on any atom is -0.381 e. The number of rotatable bonds is 1. The van der Waals surface area contributed by atoms with E-state index in [4.69, 9.17) is 4.74 Å². The summed E-state index contributed by atoms with van der Waals surface area (Å²) >= 11 is 3.38. The summed E-state index contributed by atoms with van der Waals surface area (Å²) in [4.78, 5) is 4.40. The van der Waals surface area contributed by atoms with E-state index in [1.54, 1.807) is 0 Å². The second-order valence-corrected chi connectivity index (χ2v) is 4.20. The monoisotopic (exact) mass is 271 g/mol. The molecule has 0 atom stereocenters. The van der Waals surface area contributed by atoms with Gasteiger partial charge in [-0.25, -0.2) is 0 Å². The summed E-state index contributed by atoms with van der Waals surface area (Å²) in [7, 11) is 0. The van der Waals surface area contributed by atoms with Crippen molar-refractivity contribution in [2.45, 2.75) is 32.6 Å². The molecule has 3 heteroatoms. The molecule has 2 nitrogen and oxygen atoms in total. The van der Waals surface area contributed by atoms with E-state index >= 15 is 0 Å². The Morgan fingerprint density at radius 3 is 2.47 bits per heavy atom. The minimum atomic E-state index is 0.599. The van der Waals surface area contributed by atoms with Crippen molar-refractivity contribution in [2.75, 3.05) is 13.2 Å². The van der Waals surface area contributed by atoms with Gasteiger partial charge in [0.2, 0.25) is 0 Å². The summed E-state index contributed by atoms with van der Waals surface area (Å²) < 4.78 is 6.35. The molecule has 2 rings (SSSR count). The average Bonchev–Trinajstić information content (AvgIpc) is 2.34. The first-order valence-corrected chi connectivity index (χ1v) is 6.35. The number of nitrogens with zero attached hydrogens (tertiary/aromatic N) is 1. The molecular weight excluding hydrogens is 254 g/mol. The predicted molar refractivity (Wildman–Crippen MR) is 66.1 cm³/mol. The lowest BCUT2D eigenvalue weighted by molar-refractivity contribution is 0.0845. The second-order valence-electron chi connectivity index (χ2n) is 3.29. The van der Waals surface area contributed by atoms with E-state index in [-0.39, 0.29) is 0 Å². The van der Waals surface area contributed by atoms with Crippen LogP contribution in [0.25, 0.3) is 0 Å². The molecule has 0 aliphatic carbocycles. The summed E-state index contributed by atoms with van der Waals surface area (Å²) in [6.45, 7) is 5.75. The third-order valence-corrected chi connectivity index (χ3v) is 2.86. The molecule has 0 aromatic carbocycles. The summed E-state index contributed by atoms with van der Waals surface area (Å²) in [5.74, 6) is 0.599. The molecule has 1 aliphatic heterocycles. The molecule has 1 aromatic rings. The molecule has 0 bridgehead atoms. The van der Waals surface area contributed by atoms with E-state index in [0.29, 0.717) is 5.92 Å². The number of halogens is 1. The molecular formula is C12H18BrNO. The fourth-order valence-corrected chi connectivity index (χ4v) is 1.86. The van der Waals surface area contributed by atoms with Crippen molar-refractivity contribution in [2.24, 2.45) is 0 Å². The molecule has 1 saturated heterocycles. The Morgan fingerprint density at radius 1 is 1.27 bits per heavy atom. The predicted octanol–water partition coefficient (Wildman–Crippen LogP) is 3.76. The highest BCUT2D eigenvalue weighted by Gasteiger charge is 2.16. The van der Waals surface area contributed by atoms with Crippen molar-refractivity contribution in [3.8, 4) is 0 Å². The van der Waals surface area contributed by atoms with Gasteiger partial charge in [0.15, 0.2) is 0 Å². The molecule has 0 spiro atoms. The van der Waals surface area contributed by atoms with Crippen LogP contribution >= 0.6 is 15.9 Å². The van der Waals surface area contributed by atoms with Crippen LogP contribution in [0.3, 0.4) is 0 Å². The number of hydrogen-bond acceptors (Lipinski definition) is 2. The van der Waals surface area contributed by atoms with Crippen LogP contribution in [0.2, 0.25) is 0 Å². The van der Waals surface area contributed by atoms with Gasteiger partial charge >= 0.3 is 0 Å². The quantitative estimate of drug-likeness (QED) is 0.776. The van der Waals surface area contributed by atoms with Crippen LogP contribution in [0.15, 0.2) is 22.8 Å². The smallest absolute Gasteiger partial charge is 0.0472 e. The first-order chi connectivity index (χ1) is 7.36. The zero-order valence-electron chi connectivity index (χ0n) is 9.37. The van der Waals surface area contributed by atoms with Crippen LogP contribution in [-0.4, -0.2) is 18.2 Å². The summed E-state index contributed by atoms with van der Waals surface area (Å²) in [5.41, 5.74) is 1.20. The molecule has 2 heterocycles. The van der Waals surface area contributed by atoms with E-state index in [1.807, 2.05) is 20.0 Å². The molecule has 15 heavy (non-hydrogen) atoms. The Labute approximate surface area is 100 Å². The molecule has 0 N–H and O–H groups in total. The number of ether oxygens (including phenoxy) is 1. The van der Waals surface area contributed by atoms with Gasteiger partial charge in [-0.15, -0.1) is 0 Å². The minimum absolute atomic E-state index is 0.599. The van der Waals surface area contributed by atoms with Crippen molar-refractivity contribution in [1.29, 1.82) is 0 Å². The van der Waals surface area contributed by atoms with Crippen molar-refractivity contribution in [1.82, 2.24) is 4.98 Å². The van der Waals surface area contributed by atoms with Crippen molar-refractivity contribution in [3.63, 3.8) is 0 Å². The van der Waals surface area contributed by atoms with Crippen LogP contribution in [0.5, 0.6) is 0 Å². The van der Waals surface area contributed by atoms with Crippen LogP contribution in [0.1, 0.15) is 38.3 Å². The van der Waals surface area contributed by atoms with E-state index in [1.165, 1.54) is 5.69 Å². The Morgan fingerprint density at radius 2 is 1.93 bits per heavy atom. The Balaban J connectivity index is 0.000000531. The lowest BCUT2D eigenvalue weighted by Gasteiger charge is -2.21. The standard InChI is InChI=1S/C10H12BrNO.C2H6/c11-9-1-2-10(12-7-9)8-3-5-13-6-4-8;1-2/h1-2,7-8H,3-6H2;1-2H3. The first kappa shape index (κ1) is 12.7. The fraction of sp³-hybridized carbons (Fsp3) is 0.583. The third kappa shape index (κ3) is 3.92. The lowest BCUT2D eigenvalue weighted by atomic mass is 9.96. The van der Waals surface area contributed by atoms with Crippen LogP contribution in [-0.2, 0) is 4.74 Å². The number of aromatic nitrogens is 1. The van der Waals surface area contributed by atoms with E-state index < -0.39 is 0 Å². The molecule has 1 aromatic heterocycles. The average molecular weight is 272 g/mol. The molecule has 0 saturated carbocycles. The third-order valence-electron chi connectivity index (χ3n) is 2.39. The van der Waals surface area contributed by atoms with Gasteiger partial charge in [-0.1, -0.05) is 13.8 Å². The van der Waals surface area contributed by atoms with Gasteiger partial charge < -0.3 is 4.74 Å². The Bertz CT molecular complexity index is 267. The van der Waals surface area contributed by atoms with Gasteiger partial charge in [0.05, 0.1) is 0 Å². The molecule has 1 aliphatic rings. The Hall–Kier alpha value is -0.410. The second kappa shape index (κ2) is 6.96. The topological polar surface area (TPSA) is 22.1 Å². The number of hydrogen-bond donors (Lipinski definition) is 0. The zero-order chi connectivity index (χ0) is 11.1. The van der Waals surface area contributed by atoms with Gasteiger partial charge in [-0.2, -0.15) is 0 Å². The molecule has 1 fully saturated rings. The molecule has 0 unspecified atom stereocenters. The van der Waals surface area contributed by atoms with Crippen LogP contribution < -0.4 is 0 Å². The largest absolute Gasteiger partial charge is 0.381 e. The fourth-order valence-electron chi connectivity index (χ4n) is 1.62. The first-order valence-electron chi connectivity index (χ1n) is 5.55. The summed E-state index contributed by atoms with van der Waals surface area (Å²) in [6, 6.07) is 4.15. The zero-order valence-corrected chi connectivity index (χ0v) is 11.0. The van der Waals surface area contributed by atoms with Crippen LogP contribution in [0, 0.1) is 0 Å². The molecule has 0 amide bonds. The maximum atomic E-state index is 5.31. The van der Waals surface area contributed by atoms with Crippen molar-refractivity contribution in [3.05, 3.63) is 28.5 Å². The van der Waals surface area contributed by atoms with E-state index in [0.717, 1.165) is 30.5 Å². The highest BCUT2D eigenvalue weighted by atomic mass is 79.9. The Kier molecular flexibility index (Phi) is 5.88. The van der Waals surface area contributed by atoms with Gasteiger partial charge in [0.1, 0.15) is 0 Å². The highest BCUT2D eigenvalue weighted by Crippen LogP contribution is 2.25. The maximum absolute atomic E-state index is 5.31. The van der Waals surface area contributed by atoms with Gasteiger partial charge in [-0.05, 0) is 40.9 Å². The van der Waals surface area contributed by atoms with Gasteiger partial charge in [-0.3, -0.25) is 4.98 Å². The number of pyridine rings is 1. The highest BCUT2D eigenvalue weighted by molar-refractivity contribution is 9.10. The molecule has 84 valence electrons. The molecule has 0 radical (unpaired) electrons. The summed E-state index contributed by atoms with van der Waals surface area (Å²) in [6.07, 6.45) is 4.08. The van der Waals surface area contributed by atoms with Gasteiger partial charge in [0, 0.05) is 35.5 Å². The van der Waals surface area contributed by atoms with Crippen molar-refractivity contribution < 1.29 is 4.74 Å². The van der Waals surface area contributed by atoms with E-state index in [9.17, 15) is 0 Å². The SMILES string of the molecule is Brc1ccc(C2CCOCC2)nc1.CC. The summed E-state index contributed by atoms with van der Waals surface area (Å²) in [5, 5.41) is 0. The van der Waals surface area contributed by atoms with E-state index in [2.05, 4.69) is 33.0 Å². The lowest BCUT2D eigenvalue weighted by Crippen LogP contribution is -2.14. The van der Waals surface area contributed by atoms with Crippen molar-refractivity contribution >= 4 is 15.9 Å². The van der Waals surface area contributed by atoms with Crippen LogP contribution in [0.4, 0.5) is 0 Å². The maximum Gasteiger partial charge on any atom is 0.0472 e.